The molecule has 2 nitrogen and oxygen atoms in total. The van der Waals surface area contributed by atoms with Gasteiger partial charge >= 0.3 is 0 Å². The SMILES string of the molecule is CC(C)(C)C1=C(OCCO)CCC=C1. The molecule has 0 unspecified atom stereocenters. The van der Waals surface area contributed by atoms with Crippen LogP contribution >= 0.6 is 0 Å². The van der Waals surface area contributed by atoms with Gasteiger partial charge in [0.1, 0.15) is 12.4 Å². The second kappa shape index (κ2) is 4.65. The topological polar surface area (TPSA) is 29.5 Å². The van der Waals surface area contributed by atoms with Gasteiger partial charge in [0.05, 0.1) is 6.61 Å². The molecular formula is C12H20O2. The second-order valence-electron chi connectivity index (χ2n) is 4.60. The first-order valence-electron chi connectivity index (χ1n) is 5.19. The number of hydrogen-bond acceptors (Lipinski definition) is 2. The van der Waals surface area contributed by atoms with E-state index in [1.807, 2.05) is 0 Å². The highest BCUT2D eigenvalue weighted by molar-refractivity contribution is 5.31. The van der Waals surface area contributed by atoms with Crippen molar-refractivity contribution in [1.82, 2.24) is 0 Å². The molecule has 14 heavy (non-hydrogen) atoms. The van der Waals surface area contributed by atoms with E-state index in [0.29, 0.717) is 6.61 Å². The van der Waals surface area contributed by atoms with E-state index < -0.39 is 0 Å². The molecule has 1 N–H and O–H groups in total. The number of aliphatic hydroxyl groups excluding tert-OH is 1. The lowest BCUT2D eigenvalue weighted by Crippen LogP contribution is -2.14. The molecule has 80 valence electrons. The normalized spacial score (nSPS) is 17.4. The quantitative estimate of drug-likeness (QED) is 0.752. The van der Waals surface area contributed by atoms with E-state index in [1.54, 1.807) is 0 Å². The van der Waals surface area contributed by atoms with Crippen molar-refractivity contribution >= 4 is 0 Å². The third-order valence-electron chi connectivity index (χ3n) is 2.30. The van der Waals surface area contributed by atoms with Crippen LogP contribution in [0.1, 0.15) is 33.6 Å². The van der Waals surface area contributed by atoms with E-state index in [0.717, 1.165) is 18.6 Å². The van der Waals surface area contributed by atoms with Crippen LogP contribution in [-0.4, -0.2) is 18.3 Å². The molecule has 0 aromatic rings. The van der Waals surface area contributed by atoms with Crippen molar-refractivity contribution < 1.29 is 9.84 Å². The van der Waals surface area contributed by atoms with Crippen LogP contribution in [0.4, 0.5) is 0 Å². The summed E-state index contributed by atoms with van der Waals surface area (Å²) in [6.07, 6.45) is 6.34. The van der Waals surface area contributed by atoms with Gasteiger partial charge in [0, 0.05) is 6.42 Å². The average Bonchev–Trinajstić information content (AvgIpc) is 2.14. The van der Waals surface area contributed by atoms with Gasteiger partial charge in [-0.3, -0.25) is 0 Å². The summed E-state index contributed by atoms with van der Waals surface area (Å²) in [5, 5.41) is 8.72. The summed E-state index contributed by atoms with van der Waals surface area (Å²) >= 11 is 0. The lowest BCUT2D eigenvalue weighted by atomic mass is 9.83. The molecule has 1 aliphatic carbocycles. The van der Waals surface area contributed by atoms with Crippen molar-refractivity contribution in [3.63, 3.8) is 0 Å². The van der Waals surface area contributed by atoms with Gasteiger partial charge in [0.2, 0.25) is 0 Å². The van der Waals surface area contributed by atoms with Crippen LogP contribution in [0.25, 0.3) is 0 Å². The van der Waals surface area contributed by atoms with Crippen LogP contribution in [0.15, 0.2) is 23.5 Å². The molecule has 0 radical (unpaired) electrons. The third kappa shape index (κ3) is 2.88. The predicted octanol–water partition coefficient (Wildman–Crippen LogP) is 2.65. The molecular weight excluding hydrogens is 176 g/mol. The minimum atomic E-state index is 0.0879. The molecule has 2 heteroatoms. The van der Waals surface area contributed by atoms with E-state index in [1.165, 1.54) is 5.57 Å². The maximum Gasteiger partial charge on any atom is 0.111 e. The Morgan fingerprint density at radius 3 is 2.71 bits per heavy atom. The molecule has 0 spiro atoms. The van der Waals surface area contributed by atoms with Gasteiger partial charge in [0.15, 0.2) is 0 Å². The van der Waals surface area contributed by atoms with Crippen LogP contribution in [0, 0.1) is 5.41 Å². The average molecular weight is 196 g/mol. The van der Waals surface area contributed by atoms with Gasteiger partial charge in [-0.2, -0.15) is 0 Å². The van der Waals surface area contributed by atoms with Crippen LogP contribution in [0.5, 0.6) is 0 Å². The Morgan fingerprint density at radius 2 is 2.14 bits per heavy atom. The molecule has 0 amide bonds. The fourth-order valence-electron chi connectivity index (χ4n) is 1.63. The van der Waals surface area contributed by atoms with Crippen molar-refractivity contribution in [2.24, 2.45) is 5.41 Å². The molecule has 1 aliphatic rings. The Kier molecular flexibility index (Phi) is 3.76. The van der Waals surface area contributed by atoms with Crippen molar-refractivity contribution in [2.75, 3.05) is 13.2 Å². The smallest absolute Gasteiger partial charge is 0.111 e. The highest BCUT2D eigenvalue weighted by atomic mass is 16.5. The van der Waals surface area contributed by atoms with Gasteiger partial charge in [-0.1, -0.05) is 32.9 Å². The van der Waals surface area contributed by atoms with Crippen molar-refractivity contribution in [3.8, 4) is 0 Å². The van der Waals surface area contributed by atoms with Gasteiger partial charge in [-0.15, -0.1) is 0 Å². The molecule has 0 bridgehead atoms. The first-order valence-corrected chi connectivity index (χ1v) is 5.19. The predicted molar refractivity (Wildman–Crippen MR) is 57.9 cm³/mol. The van der Waals surface area contributed by atoms with Crippen molar-refractivity contribution in [2.45, 2.75) is 33.6 Å². The number of allylic oxidation sites excluding steroid dienone is 4. The summed E-state index contributed by atoms with van der Waals surface area (Å²) in [6.45, 7) is 7.04. The largest absolute Gasteiger partial charge is 0.495 e. The van der Waals surface area contributed by atoms with E-state index in [4.69, 9.17) is 9.84 Å². The van der Waals surface area contributed by atoms with Gasteiger partial charge < -0.3 is 9.84 Å². The van der Waals surface area contributed by atoms with Gasteiger partial charge in [-0.05, 0) is 17.4 Å². The summed E-state index contributed by atoms with van der Waals surface area (Å²) in [4.78, 5) is 0. The molecule has 0 aliphatic heterocycles. The lowest BCUT2D eigenvalue weighted by Gasteiger charge is -2.26. The fourth-order valence-corrected chi connectivity index (χ4v) is 1.63. The Morgan fingerprint density at radius 1 is 1.43 bits per heavy atom. The van der Waals surface area contributed by atoms with Gasteiger partial charge in [-0.25, -0.2) is 0 Å². The van der Waals surface area contributed by atoms with Crippen LogP contribution in [-0.2, 0) is 4.74 Å². The minimum absolute atomic E-state index is 0.0879. The number of aliphatic hydroxyl groups is 1. The summed E-state index contributed by atoms with van der Waals surface area (Å²) in [7, 11) is 0. The molecule has 0 aromatic heterocycles. The highest BCUT2D eigenvalue weighted by Crippen LogP contribution is 2.33. The standard InChI is InChI=1S/C12H20O2/c1-12(2,3)10-6-4-5-7-11(10)14-9-8-13/h4,6,13H,5,7-9H2,1-3H3. The fraction of sp³-hybridized carbons (Fsp3) is 0.667. The Labute approximate surface area is 86.3 Å². The van der Waals surface area contributed by atoms with Crippen molar-refractivity contribution in [1.29, 1.82) is 0 Å². The first kappa shape index (κ1) is 11.3. The highest BCUT2D eigenvalue weighted by Gasteiger charge is 2.21. The summed E-state index contributed by atoms with van der Waals surface area (Å²) in [6, 6.07) is 0. The molecule has 0 fully saturated rings. The lowest BCUT2D eigenvalue weighted by molar-refractivity contribution is 0.134. The molecule has 1 rings (SSSR count). The van der Waals surface area contributed by atoms with E-state index in [9.17, 15) is 0 Å². The molecule has 0 saturated carbocycles. The summed E-state index contributed by atoms with van der Waals surface area (Å²) in [5.41, 5.74) is 1.39. The molecule has 0 heterocycles. The summed E-state index contributed by atoms with van der Waals surface area (Å²) < 4.78 is 5.55. The zero-order valence-corrected chi connectivity index (χ0v) is 9.34. The molecule has 0 aromatic carbocycles. The number of rotatable bonds is 3. The minimum Gasteiger partial charge on any atom is -0.495 e. The van der Waals surface area contributed by atoms with Crippen LogP contribution in [0.3, 0.4) is 0 Å². The van der Waals surface area contributed by atoms with Crippen molar-refractivity contribution in [3.05, 3.63) is 23.5 Å². The Bertz CT molecular complexity index is 244. The zero-order chi connectivity index (χ0) is 10.6. The molecule has 0 saturated heterocycles. The second-order valence-corrected chi connectivity index (χ2v) is 4.60. The van der Waals surface area contributed by atoms with Crippen LogP contribution < -0.4 is 0 Å². The van der Waals surface area contributed by atoms with Crippen LogP contribution in [0.2, 0.25) is 0 Å². The maximum absolute atomic E-state index is 8.72. The maximum atomic E-state index is 8.72. The van der Waals surface area contributed by atoms with E-state index >= 15 is 0 Å². The van der Waals surface area contributed by atoms with E-state index in [-0.39, 0.29) is 12.0 Å². The monoisotopic (exact) mass is 196 g/mol. The zero-order valence-electron chi connectivity index (χ0n) is 9.34. The number of ether oxygens (including phenoxy) is 1. The van der Waals surface area contributed by atoms with E-state index in [2.05, 4.69) is 32.9 Å². The molecule has 0 atom stereocenters. The number of hydrogen-bond donors (Lipinski definition) is 1. The summed E-state index contributed by atoms with van der Waals surface area (Å²) in [5.74, 6) is 1.05. The Balaban J connectivity index is 2.81. The Hall–Kier alpha value is -0.760. The third-order valence-corrected chi connectivity index (χ3v) is 2.30. The first-order chi connectivity index (χ1) is 6.55. The van der Waals surface area contributed by atoms with Gasteiger partial charge in [0.25, 0.3) is 0 Å².